The zero-order valence-electron chi connectivity index (χ0n) is 20.2. The van der Waals surface area contributed by atoms with Crippen LogP contribution in [0.2, 0.25) is 0 Å². The van der Waals surface area contributed by atoms with Gasteiger partial charge in [-0.25, -0.2) is 4.79 Å². The van der Waals surface area contributed by atoms with Crippen molar-refractivity contribution in [3.05, 3.63) is 70.7 Å². The Morgan fingerprint density at radius 1 is 1.17 bits per heavy atom. The summed E-state index contributed by atoms with van der Waals surface area (Å²) in [6.45, 7) is 2.49. The summed E-state index contributed by atoms with van der Waals surface area (Å²) in [5.41, 5.74) is 4.52. The Labute approximate surface area is 208 Å². The number of unbranched alkanes of at least 4 members (excludes halogenated alkanes) is 1. The van der Waals surface area contributed by atoms with Gasteiger partial charge in [0.05, 0.1) is 18.5 Å². The van der Waals surface area contributed by atoms with Crippen LogP contribution in [-0.2, 0) is 17.8 Å². The van der Waals surface area contributed by atoms with E-state index in [-0.39, 0.29) is 11.7 Å². The first-order valence-electron chi connectivity index (χ1n) is 12.4. The number of aryl methyl sites for hydroxylation is 1. The topological polar surface area (TPSA) is 132 Å². The summed E-state index contributed by atoms with van der Waals surface area (Å²) < 4.78 is 3.47. The molecule has 0 amide bonds. The second-order valence-corrected chi connectivity index (χ2v) is 9.29. The van der Waals surface area contributed by atoms with Crippen molar-refractivity contribution in [1.82, 2.24) is 34.7 Å². The fraction of sp³-hybridized carbons (Fsp3) is 0.385. The first-order valence-corrected chi connectivity index (χ1v) is 12.4. The molecular formula is C26H29N7O3. The molecule has 0 aliphatic heterocycles. The minimum Gasteiger partial charge on any atom is -0.481 e. The van der Waals surface area contributed by atoms with Crippen LogP contribution in [0, 0.1) is 5.92 Å². The van der Waals surface area contributed by atoms with Gasteiger partial charge >= 0.3 is 11.7 Å². The highest BCUT2D eigenvalue weighted by Gasteiger charge is 2.35. The fourth-order valence-corrected chi connectivity index (χ4v) is 5.16. The molecule has 5 rings (SSSR count). The van der Waals surface area contributed by atoms with E-state index in [9.17, 15) is 14.7 Å². The van der Waals surface area contributed by atoms with E-state index in [1.54, 1.807) is 21.5 Å². The van der Waals surface area contributed by atoms with E-state index in [4.69, 9.17) is 0 Å². The smallest absolute Gasteiger partial charge is 0.328 e. The first kappa shape index (κ1) is 23.7. The minimum absolute atomic E-state index is 0.151. The SMILES string of the molecule is CCCCc1cn(C2CCCC2C(=O)O)c(=O)n1Cc1cnccc1-c1ccc(-c2nn[nH]n2)cc1. The molecule has 3 aromatic heterocycles. The maximum atomic E-state index is 13.6. The number of aromatic amines is 1. The van der Waals surface area contributed by atoms with E-state index < -0.39 is 11.9 Å². The molecular weight excluding hydrogens is 458 g/mol. The Kier molecular flexibility index (Phi) is 6.75. The molecule has 4 aromatic rings. The number of benzene rings is 1. The Bertz CT molecular complexity index is 1390. The third-order valence-electron chi connectivity index (χ3n) is 7.06. The zero-order valence-corrected chi connectivity index (χ0v) is 20.2. The van der Waals surface area contributed by atoms with E-state index in [1.807, 2.05) is 36.5 Å². The number of carboxylic acid groups (broad SMARTS) is 1. The van der Waals surface area contributed by atoms with Gasteiger partial charge in [-0.15, -0.1) is 10.2 Å². The van der Waals surface area contributed by atoms with Gasteiger partial charge in [-0.1, -0.05) is 44.0 Å². The predicted molar refractivity (Wildman–Crippen MR) is 133 cm³/mol. The van der Waals surface area contributed by atoms with Crippen LogP contribution in [0.5, 0.6) is 0 Å². The molecule has 10 heteroatoms. The van der Waals surface area contributed by atoms with Gasteiger partial charge in [-0.2, -0.15) is 5.21 Å². The molecule has 1 aliphatic rings. The lowest BCUT2D eigenvalue weighted by atomic mass is 10.00. The van der Waals surface area contributed by atoms with Crippen LogP contribution in [0.15, 0.2) is 53.7 Å². The number of tetrazole rings is 1. The summed E-state index contributed by atoms with van der Waals surface area (Å²) in [4.78, 5) is 29.8. The Hall–Kier alpha value is -4.08. The molecule has 1 aliphatic carbocycles. The highest BCUT2D eigenvalue weighted by molar-refractivity contribution is 5.71. The van der Waals surface area contributed by atoms with Gasteiger partial charge in [0.25, 0.3) is 0 Å². The van der Waals surface area contributed by atoms with Gasteiger partial charge < -0.3 is 5.11 Å². The molecule has 3 heterocycles. The van der Waals surface area contributed by atoms with Gasteiger partial charge in [-0.05, 0) is 53.7 Å². The summed E-state index contributed by atoms with van der Waals surface area (Å²) in [6.07, 6.45) is 10.3. The normalized spacial score (nSPS) is 17.5. The minimum atomic E-state index is -0.828. The van der Waals surface area contributed by atoms with Gasteiger partial charge in [0.1, 0.15) is 0 Å². The van der Waals surface area contributed by atoms with Crippen molar-refractivity contribution in [1.29, 1.82) is 0 Å². The van der Waals surface area contributed by atoms with Crippen LogP contribution in [0.4, 0.5) is 0 Å². The van der Waals surface area contributed by atoms with E-state index in [0.29, 0.717) is 25.2 Å². The summed E-state index contributed by atoms with van der Waals surface area (Å²) in [7, 11) is 0. The Morgan fingerprint density at radius 2 is 1.97 bits per heavy atom. The van der Waals surface area contributed by atoms with Crippen molar-refractivity contribution in [2.75, 3.05) is 0 Å². The molecule has 2 N–H and O–H groups in total. The largest absolute Gasteiger partial charge is 0.481 e. The van der Waals surface area contributed by atoms with Gasteiger partial charge in [-0.3, -0.25) is 18.9 Å². The van der Waals surface area contributed by atoms with Crippen LogP contribution in [-0.4, -0.2) is 45.8 Å². The molecule has 2 unspecified atom stereocenters. The molecule has 36 heavy (non-hydrogen) atoms. The van der Waals surface area contributed by atoms with Gasteiger partial charge in [0, 0.05) is 29.8 Å². The average Bonchev–Trinajstić information content (AvgIpc) is 3.65. The number of pyridine rings is 1. The van der Waals surface area contributed by atoms with E-state index in [1.165, 1.54) is 0 Å². The lowest BCUT2D eigenvalue weighted by molar-refractivity contribution is -0.142. The number of aliphatic carboxylic acids is 1. The highest BCUT2D eigenvalue weighted by Crippen LogP contribution is 2.35. The third kappa shape index (κ3) is 4.58. The number of aromatic nitrogens is 7. The first-order chi connectivity index (χ1) is 17.6. The zero-order chi connectivity index (χ0) is 25.1. The molecule has 1 aromatic carbocycles. The summed E-state index contributed by atoms with van der Waals surface area (Å²) in [5.74, 6) is -0.827. The number of hydrogen-bond acceptors (Lipinski definition) is 6. The van der Waals surface area contributed by atoms with Crippen molar-refractivity contribution in [3.63, 3.8) is 0 Å². The molecule has 2 atom stereocenters. The number of hydrogen-bond donors (Lipinski definition) is 2. The fourth-order valence-electron chi connectivity index (χ4n) is 5.16. The van der Waals surface area contributed by atoms with Gasteiger partial charge in [0.2, 0.25) is 5.82 Å². The van der Waals surface area contributed by atoms with Crippen LogP contribution < -0.4 is 5.69 Å². The number of imidazole rings is 1. The third-order valence-corrected chi connectivity index (χ3v) is 7.06. The lowest BCUT2D eigenvalue weighted by Crippen LogP contribution is -2.32. The number of H-pyrrole nitrogens is 1. The van der Waals surface area contributed by atoms with Crippen LogP contribution in [0.3, 0.4) is 0 Å². The molecule has 0 radical (unpaired) electrons. The second-order valence-electron chi connectivity index (χ2n) is 9.29. The van der Waals surface area contributed by atoms with Crippen molar-refractivity contribution in [2.45, 2.75) is 58.0 Å². The van der Waals surface area contributed by atoms with Crippen molar-refractivity contribution < 1.29 is 9.90 Å². The molecule has 1 fully saturated rings. The number of nitrogens with one attached hydrogen (secondary N) is 1. The maximum absolute atomic E-state index is 13.6. The van der Waals surface area contributed by atoms with Gasteiger partial charge in [0.15, 0.2) is 0 Å². The summed E-state index contributed by atoms with van der Waals surface area (Å²) >= 11 is 0. The number of carboxylic acids is 1. The molecule has 186 valence electrons. The summed E-state index contributed by atoms with van der Waals surface area (Å²) in [6, 6.07) is 9.50. The lowest BCUT2D eigenvalue weighted by Gasteiger charge is -2.16. The van der Waals surface area contributed by atoms with E-state index in [2.05, 4.69) is 32.5 Å². The van der Waals surface area contributed by atoms with Crippen molar-refractivity contribution in [2.24, 2.45) is 5.92 Å². The van der Waals surface area contributed by atoms with Crippen molar-refractivity contribution >= 4 is 5.97 Å². The monoisotopic (exact) mass is 487 g/mol. The molecule has 0 bridgehead atoms. The molecule has 0 spiro atoms. The van der Waals surface area contributed by atoms with Crippen LogP contribution in [0.1, 0.15) is 56.3 Å². The van der Waals surface area contributed by atoms with Crippen molar-refractivity contribution in [3.8, 4) is 22.5 Å². The Balaban J connectivity index is 1.50. The number of carbonyl (C=O) groups is 1. The number of nitrogens with zero attached hydrogens (tertiary/aromatic N) is 6. The Morgan fingerprint density at radius 3 is 2.69 bits per heavy atom. The van der Waals surface area contributed by atoms with E-state index in [0.717, 1.165) is 53.6 Å². The second kappa shape index (κ2) is 10.3. The van der Waals surface area contributed by atoms with E-state index >= 15 is 0 Å². The predicted octanol–water partition coefficient (Wildman–Crippen LogP) is 3.71. The quantitative estimate of drug-likeness (QED) is 0.368. The molecule has 1 saturated carbocycles. The maximum Gasteiger partial charge on any atom is 0.328 e. The van der Waals surface area contributed by atoms with Crippen LogP contribution >= 0.6 is 0 Å². The highest BCUT2D eigenvalue weighted by atomic mass is 16.4. The van der Waals surface area contributed by atoms with Crippen LogP contribution in [0.25, 0.3) is 22.5 Å². The number of rotatable bonds is 9. The summed E-state index contributed by atoms with van der Waals surface area (Å²) in [5, 5.41) is 23.8. The molecule has 0 saturated heterocycles. The molecule has 10 nitrogen and oxygen atoms in total. The standard InChI is InChI=1S/C26H29N7O3/c1-2-3-5-20-16-33(23-7-4-6-22(23)25(34)35)26(36)32(20)15-19-14-27-13-12-21(19)17-8-10-18(11-9-17)24-28-30-31-29-24/h8-14,16,22-23H,2-7,15H2,1H3,(H,34,35)(H,28,29,30,31). The average molecular weight is 488 g/mol.